The van der Waals surface area contributed by atoms with Gasteiger partial charge in [0.05, 0.1) is 6.61 Å². The molecule has 0 radical (unpaired) electrons. The van der Waals surface area contributed by atoms with Crippen LogP contribution in [0.5, 0.6) is 0 Å². The average Bonchev–Trinajstić information content (AvgIpc) is 2.90. The van der Waals surface area contributed by atoms with E-state index < -0.39 is 48.7 Å². The number of aromatic nitrogens is 2. The highest BCUT2D eigenvalue weighted by Gasteiger charge is 2.59. The Morgan fingerprint density at radius 3 is 2.54 bits per heavy atom. The molecule has 1 aromatic heterocycles. The van der Waals surface area contributed by atoms with Crippen molar-refractivity contribution in [1.29, 1.82) is 0 Å². The first-order chi connectivity index (χ1) is 13.3. The van der Waals surface area contributed by atoms with E-state index >= 15 is 0 Å². The summed E-state index contributed by atoms with van der Waals surface area (Å²) < 4.78 is 33.7. The Hall–Kier alpha value is -2.89. The molecule has 0 bridgehead atoms. The molecule has 1 saturated heterocycles. The molecule has 0 aliphatic carbocycles. The minimum Gasteiger partial charge on any atom is -0.479 e. The number of halogens is 2. The standard InChI is InChI=1S/C17H17F2N3O6/c18-17(19)13(24)10(8-23)28-15(17)22-7-6-11(21-16(22)27)20-12(14(25)26)9-4-2-1-3-5-9/h1-7,10,12-13,15,23-24H,8H2,(H,25,26)(H,20,21,27)/t10-,12?,13-,15-/m1/s1. The van der Waals surface area contributed by atoms with E-state index in [1.807, 2.05) is 0 Å². The SMILES string of the molecule is O=C(O)C(Nc1ccn([C@@H]2O[C@H](CO)[C@@H](O)C2(F)F)c(=O)n1)c1ccccc1. The van der Waals surface area contributed by atoms with Gasteiger partial charge in [0.2, 0.25) is 6.23 Å². The number of alkyl halides is 2. The van der Waals surface area contributed by atoms with Crippen LogP contribution >= 0.6 is 0 Å². The fraction of sp³-hybridized carbons (Fsp3) is 0.353. The Labute approximate surface area is 156 Å². The van der Waals surface area contributed by atoms with Crippen LogP contribution in [0.1, 0.15) is 17.8 Å². The van der Waals surface area contributed by atoms with Crippen molar-refractivity contribution in [1.82, 2.24) is 9.55 Å². The highest BCUT2D eigenvalue weighted by molar-refractivity contribution is 5.78. The number of hydrogen-bond donors (Lipinski definition) is 4. The van der Waals surface area contributed by atoms with Crippen molar-refractivity contribution in [2.45, 2.75) is 30.4 Å². The van der Waals surface area contributed by atoms with Crippen LogP contribution in [-0.2, 0) is 9.53 Å². The molecule has 150 valence electrons. The average molecular weight is 397 g/mol. The second-order valence-electron chi connectivity index (χ2n) is 6.16. The molecule has 0 spiro atoms. The summed E-state index contributed by atoms with van der Waals surface area (Å²) in [4.78, 5) is 27.3. The molecule has 2 aromatic rings. The van der Waals surface area contributed by atoms with E-state index in [-0.39, 0.29) is 5.82 Å². The molecule has 1 aliphatic heterocycles. The number of benzene rings is 1. The Morgan fingerprint density at radius 1 is 1.32 bits per heavy atom. The number of rotatable bonds is 6. The van der Waals surface area contributed by atoms with Crippen LogP contribution in [0.4, 0.5) is 14.6 Å². The second-order valence-corrected chi connectivity index (χ2v) is 6.16. The van der Waals surface area contributed by atoms with Crippen LogP contribution in [0, 0.1) is 0 Å². The molecule has 3 rings (SSSR count). The van der Waals surface area contributed by atoms with Crippen LogP contribution in [0.15, 0.2) is 47.4 Å². The van der Waals surface area contributed by atoms with Gasteiger partial charge in [0, 0.05) is 6.20 Å². The third-order valence-electron chi connectivity index (χ3n) is 4.31. The van der Waals surface area contributed by atoms with E-state index in [1.54, 1.807) is 30.3 Å². The lowest BCUT2D eigenvalue weighted by Crippen LogP contribution is -2.41. The lowest BCUT2D eigenvalue weighted by molar-refractivity contribution is -0.140. The smallest absolute Gasteiger partial charge is 0.351 e. The molecule has 1 fully saturated rings. The van der Waals surface area contributed by atoms with Crippen LogP contribution in [0.3, 0.4) is 0 Å². The summed E-state index contributed by atoms with van der Waals surface area (Å²) in [5, 5.41) is 30.5. The third-order valence-corrected chi connectivity index (χ3v) is 4.31. The molecule has 11 heteroatoms. The van der Waals surface area contributed by atoms with Crippen LogP contribution in [0.25, 0.3) is 0 Å². The zero-order valence-electron chi connectivity index (χ0n) is 14.3. The fourth-order valence-corrected chi connectivity index (χ4v) is 2.87. The maximum absolute atomic E-state index is 14.2. The molecule has 1 unspecified atom stereocenters. The summed E-state index contributed by atoms with van der Waals surface area (Å²) >= 11 is 0. The lowest BCUT2D eigenvalue weighted by Gasteiger charge is -2.21. The fourth-order valence-electron chi connectivity index (χ4n) is 2.87. The monoisotopic (exact) mass is 397 g/mol. The van der Waals surface area contributed by atoms with Gasteiger partial charge in [-0.05, 0) is 11.6 Å². The number of aliphatic hydroxyl groups excluding tert-OH is 2. The molecule has 4 N–H and O–H groups in total. The summed E-state index contributed by atoms with van der Waals surface area (Å²) in [6, 6.07) is 8.04. The molecule has 1 aromatic carbocycles. The number of aliphatic hydroxyl groups is 2. The van der Waals surface area contributed by atoms with Crippen molar-refractivity contribution in [2.24, 2.45) is 0 Å². The highest BCUT2D eigenvalue weighted by atomic mass is 19.3. The van der Waals surface area contributed by atoms with Gasteiger partial charge in [0.15, 0.2) is 12.1 Å². The van der Waals surface area contributed by atoms with Crippen LogP contribution < -0.4 is 11.0 Å². The first-order valence-electron chi connectivity index (χ1n) is 8.21. The van der Waals surface area contributed by atoms with Crippen molar-refractivity contribution in [3.05, 3.63) is 58.6 Å². The van der Waals surface area contributed by atoms with E-state index in [1.165, 1.54) is 0 Å². The van der Waals surface area contributed by atoms with Crippen molar-refractivity contribution >= 4 is 11.8 Å². The number of nitrogens with one attached hydrogen (secondary N) is 1. The number of ether oxygens (including phenoxy) is 1. The molecule has 9 nitrogen and oxygen atoms in total. The molecule has 1 aliphatic rings. The third kappa shape index (κ3) is 3.59. The summed E-state index contributed by atoms with van der Waals surface area (Å²) in [6.07, 6.45) is -5.05. The predicted molar refractivity (Wildman–Crippen MR) is 90.9 cm³/mol. The van der Waals surface area contributed by atoms with E-state index in [0.717, 1.165) is 12.3 Å². The number of aliphatic carboxylic acids is 1. The van der Waals surface area contributed by atoms with Crippen LogP contribution in [-0.4, -0.2) is 55.6 Å². The van der Waals surface area contributed by atoms with E-state index in [9.17, 15) is 28.6 Å². The number of hydrogen-bond acceptors (Lipinski definition) is 7. The molecular formula is C17H17F2N3O6. The van der Waals surface area contributed by atoms with Crippen molar-refractivity contribution < 1.29 is 33.6 Å². The van der Waals surface area contributed by atoms with Crippen molar-refractivity contribution in [3.8, 4) is 0 Å². The molecule has 0 saturated carbocycles. The minimum atomic E-state index is -3.83. The highest BCUT2D eigenvalue weighted by Crippen LogP contribution is 2.42. The zero-order valence-corrected chi connectivity index (χ0v) is 14.3. The zero-order chi connectivity index (χ0) is 20.5. The Balaban J connectivity index is 1.87. The summed E-state index contributed by atoms with van der Waals surface area (Å²) in [6.45, 7) is -0.855. The van der Waals surface area contributed by atoms with Gasteiger partial charge in [0.1, 0.15) is 11.9 Å². The summed E-state index contributed by atoms with van der Waals surface area (Å²) in [7, 11) is 0. The first kappa shape index (κ1) is 19.9. The van der Waals surface area contributed by atoms with Crippen LogP contribution in [0.2, 0.25) is 0 Å². The number of nitrogens with zero attached hydrogens (tertiary/aromatic N) is 2. The van der Waals surface area contributed by atoms with Crippen molar-refractivity contribution in [2.75, 3.05) is 11.9 Å². The van der Waals surface area contributed by atoms with Gasteiger partial charge < -0.3 is 25.4 Å². The maximum Gasteiger partial charge on any atom is 0.351 e. The quantitative estimate of drug-likeness (QED) is 0.549. The topological polar surface area (TPSA) is 134 Å². The molecule has 28 heavy (non-hydrogen) atoms. The Kier molecular flexibility index (Phi) is 5.40. The van der Waals surface area contributed by atoms with Gasteiger partial charge in [-0.15, -0.1) is 0 Å². The van der Waals surface area contributed by atoms with Gasteiger partial charge >= 0.3 is 17.6 Å². The number of anilines is 1. The summed E-state index contributed by atoms with van der Waals surface area (Å²) in [5.41, 5.74) is -0.738. The van der Waals surface area contributed by atoms with E-state index in [0.29, 0.717) is 10.1 Å². The molecule has 4 atom stereocenters. The first-order valence-corrected chi connectivity index (χ1v) is 8.21. The van der Waals surface area contributed by atoms with Gasteiger partial charge in [-0.2, -0.15) is 13.8 Å². The largest absolute Gasteiger partial charge is 0.479 e. The van der Waals surface area contributed by atoms with Gasteiger partial charge in [0.25, 0.3) is 0 Å². The van der Waals surface area contributed by atoms with Gasteiger partial charge in [-0.25, -0.2) is 9.59 Å². The van der Waals surface area contributed by atoms with E-state index in [2.05, 4.69) is 10.3 Å². The normalized spacial score (nSPS) is 24.6. The predicted octanol–water partition coefficient (Wildman–Crippen LogP) is 0.367. The lowest BCUT2D eigenvalue weighted by atomic mass is 10.1. The van der Waals surface area contributed by atoms with Gasteiger partial charge in [-0.1, -0.05) is 30.3 Å². The Morgan fingerprint density at radius 2 is 2.00 bits per heavy atom. The minimum absolute atomic E-state index is 0.141. The molecule has 2 heterocycles. The number of carbonyl (C=O) groups is 1. The maximum atomic E-state index is 14.2. The van der Waals surface area contributed by atoms with E-state index in [4.69, 9.17) is 9.84 Å². The molecule has 0 amide bonds. The summed E-state index contributed by atoms with van der Waals surface area (Å²) in [5.74, 6) is -5.20. The molecular weight excluding hydrogens is 380 g/mol. The Bertz CT molecular complexity index is 907. The van der Waals surface area contributed by atoms with Crippen molar-refractivity contribution in [3.63, 3.8) is 0 Å². The number of carboxylic acid groups (broad SMARTS) is 1. The number of carboxylic acids is 1. The second kappa shape index (κ2) is 7.62. The van der Waals surface area contributed by atoms with Gasteiger partial charge in [-0.3, -0.25) is 4.57 Å².